The van der Waals surface area contributed by atoms with Crippen LogP contribution >= 0.6 is 0 Å². The number of pyridine rings is 1. The zero-order valence-corrected chi connectivity index (χ0v) is 10.5. The molecule has 0 amide bonds. The fraction of sp³-hybridized carbons (Fsp3) is 0.583. The molecule has 0 radical (unpaired) electrons. The molecule has 1 saturated heterocycles. The number of hydrogen-bond donors (Lipinski definition) is 1. The summed E-state index contributed by atoms with van der Waals surface area (Å²) < 4.78 is 0. The molecule has 1 aromatic rings. The van der Waals surface area contributed by atoms with E-state index >= 15 is 0 Å². The molecule has 1 fully saturated rings. The van der Waals surface area contributed by atoms with Gasteiger partial charge in [0.25, 0.3) is 5.69 Å². The Labute approximate surface area is 106 Å². The molecule has 0 saturated carbocycles. The van der Waals surface area contributed by atoms with Crippen LogP contribution in [0.2, 0.25) is 0 Å². The van der Waals surface area contributed by atoms with E-state index in [-0.39, 0.29) is 11.7 Å². The minimum atomic E-state index is -0.434. The van der Waals surface area contributed by atoms with Gasteiger partial charge in [-0.25, -0.2) is 4.98 Å². The predicted octanol–water partition coefficient (Wildman–Crippen LogP) is 1.70. The molecule has 1 aromatic heterocycles. The maximum Gasteiger partial charge on any atom is 0.287 e. The largest absolute Gasteiger partial charge is 0.350 e. The predicted molar refractivity (Wildman–Crippen MR) is 69.5 cm³/mol. The van der Waals surface area contributed by atoms with Crippen molar-refractivity contribution in [1.29, 1.82) is 0 Å². The van der Waals surface area contributed by atoms with Gasteiger partial charge in [0, 0.05) is 24.7 Å². The van der Waals surface area contributed by atoms with Crippen LogP contribution < -0.4 is 10.6 Å². The minimum Gasteiger partial charge on any atom is -0.350 e. The minimum absolute atomic E-state index is 0.0210. The Morgan fingerprint density at radius 3 is 2.89 bits per heavy atom. The van der Waals surface area contributed by atoms with Gasteiger partial charge in [-0.1, -0.05) is 0 Å². The lowest BCUT2D eigenvalue weighted by Crippen LogP contribution is -2.49. The van der Waals surface area contributed by atoms with E-state index < -0.39 is 4.92 Å². The first-order valence-electron chi connectivity index (χ1n) is 6.22. The number of hydrogen-bond acceptors (Lipinski definition) is 5. The summed E-state index contributed by atoms with van der Waals surface area (Å²) in [4.78, 5) is 16.6. The van der Waals surface area contributed by atoms with E-state index in [9.17, 15) is 10.1 Å². The molecule has 2 heterocycles. The molecular formula is C12H18N4O2. The first kappa shape index (κ1) is 12.8. The number of rotatable bonds is 3. The normalized spacial score (nSPS) is 24.0. The zero-order chi connectivity index (χ0) is 13.1. The third-order valence-electron chi connectivity index (χ3n) is 3.51. The van der Waals surface area contributed by atoms with Crippen LogP contribution in [0.1, 0.15) is 26.2 Å². The van der Waals surface area contributed by atoms with Gasteiger partial charge in [-0.15, -0.1) is 0 Å². The number of nitrogens with two attached hydrogens (primary N) is 1. The van der Waals surface area contributed by atoms with Gasteiger partial charge in [-0.3, -0.25) is 10.1 Å². The summed E-state index contributed by atoms with van der Waals surface area (Å²) in [6.45, 7) is 2.73. The van der Waals surface area contributed by atoms with E-state index in [2.05, 4.69) is 16.8 Å². The van der Waals surface area contributed by atoms with Crippen molar-refractivity contribution in [1.82, 2.24) is 4.98 Å². The lowest BCUT2D eigenvalue weighted by atomic mass is 9.96. The van der Waals surface area contributed by atoms with E-state index in [4.69, 9.17) is 5.73 Å². The lowest BCUT2D eigenvalue weighted by Gasteiger charge is -2.41. The summed E-state index contributed by atoms with van der Waals surface area (Å²) >= 11 is 0. The average molecular weight is 250 g/mol. The van der Waals surface area contributed by atoms with Gasteiger partial charge in [-0.05, 0) is 32.3 Å². The summed E-state index contributed by atoms with van der Waals surface area (Å²) in [7, 11) is 0. The molecule has 98 valence electrons. The third kappa shape index (κ3) is 2.43. The van der Waals surface area contributed by atoms with Gasteiger partial charge in [-0.2, -0.15) is 0 Å². The van der Waals surface area contributed by atoms with Crippen LogP contribution in [0.15, 0.2) is 18.3 Å². The topological polar surface area (TPSA) is 85.3 Å². The van der Waals surface area contributed by atoms with E-state index in [1.807, 2.05) is 0 Å². The Morgan fingerprint density at radius 2 is 2.33 bits per heavy atom. The fourth-order valence-corrected chi connectivity index (χ4v) is 2.57. The van der Waals surface area contributed by atoms with Gasteiger partial charge in [0.15, 0.2) is 0 Å². The summed E-state index contributed by atoms with van der Waals surface area (Å²) in [5, 5.41) is 10.6. The van der Waals surface area contributed by atoms with Crippen molar-refractivity contribution >= 4 is 11.5 Å². The molecule has 0 spiro atoms. The molecule has 0 aromatic carbocycles. The van der Waals surface area contributed by atoms with Crippen LogP contribution in [0.25, 0.3) is 0 Å². The highest BCUT2D eigenvalue weighted by atomic mass is 16.6. The molecule has 2 unspecified atom stereocenters. The monoisotopic (exact) mass is 250 g/mol. The summed E-state index contributed by atoms with van der Waals surface area (Å²) in [6.07, 6.45) is 4.64. The third-order valence-corrected chi connectivity index (χ3v) is 3.51. The molecule has 0 aliphatic carbocycles. The maximum absolute atomic E-state index is 10.6. The van der Waals surface area contributed by atoms with Gasteiger partial charge < -0.3 is 10.6 Å². The average Bonchev–Trinajstić information content (AvgIpc) is 2.38. The Balaban J connectivity index is 2.24. The number of aromatic nitrogens is 1. The van der Waals surface area contributed by atoms with Crippen molar-refractivity contribution in [3.63, 3.8) is 0 Å². The van der Waals surface area contributed by atoms with Crippen LogP contribution in [-0.2, 0) is 0 Å². The molecule has 1 aliphatic rings. The van der Waals surface area contributed by atoms with Crippen molar-refractivity contribution in [3.8, 4) is 0 Å². The second-order valence-electron chi connectivity index (χ2n) is 4.71. The van der Waals surface area contributed by atoms with E-state index in [0.29, 0.717) is 12.6 Å². The second-order valence-corrected chi connectivity index (χ2v) is 4.71. The maximum atomic E-state index is 10.6. The lowest BCUT2D eigenvalue weighted by molar-refractivity contribution is -0.385. The highest BCUT2D eigenvalue weighted by molar-refractivity contribution is 5.45. The second kappa shape index (κ2) is 5.30. The summed E-state index contributed by atoms with van der Waals surface area (Å²) in [6, 6.07) is 3.86. The molecule has 1 aliphatic heterocycles. The standard InChI is InChI=1S/C12H18N4O2/c1-9-3-2-4-10(7-13)15(9)12-6-5-11(8-14-12)16(17)18/h5-6,8-10H,2-4,7,13H2,1H3. The molecule has 6 heteroatoms. The van der Waals surface area contributed by atoms with Crippen LogP contribution in [-0.4, -0.2) is 28.5 Å². The van der Waals surface area contributed by atoms with E-state index in [0.717, 1.165) is 18.7 Å². The van der Waals surface area contributed by atoms with Gasteiger partial charge >= 0.3 is 0 Å². The molecule has 2 atom stereocenters. The van der Waals surface area contributed by atoms with Crippen LogP contribution in [0.5, 0.6) is 0 Å². The quantitative estimate of drug-likeness (QED) is 0.651. The van der Waals surface area contributed by atoms with Crippen LogP contribution in [0.3, 0.4) is 0 Å². The Hall–Kier alpha value is -1.69. The molecular weight excluding hydrogens is 232 g/mol. The van der Waals surface area contributed by atoms with Crippen molar-refractivity contribution in [2.75, 3.05) is 11.4 Å². The molecule has 2 N–H and O–H groups in total. The van der Waals surface area contributed by atoms with Gasteiger partial charge in [0.1, 0.15) is 12.0 Å². The number of anilines is 1. The fourth-order valence-electron chi connectivity index (χ4n) is 2.57. The first-order chi connectivity index (χ1) is 8.63. The van der Waals surface area contributed by atoms with Crippen molar-refractivity contribution in [3.05, 3.63) is 28.4 Å². The number of nitrogens with zero attached hydrogens (tertiary/aromatic N) is 3. The van der Waals surface area contributed by atoms with Crippen molar-refractivity contribution in [2.24, 2.45) is 5.73 Å². The Kier molecular flexibility index (Phi) is 3.76. The van der Waals surface area contributed by atoms with E-state index in [1.165, 1.54) is 18.7 Å². The van der Waals surface area contributed by atoms with Gasteiger partial charge in [0.05, 0.1) is 4.92 Å². The molecule has 6 nitrogen and oxygen atoms in total. The van der Waals surface area contributed by atoms with Crippen LogP contribution in [0, 0.1) is 10.1 Å². The summed E-state index contributed by atoms with van der Waals surface area (Å²) in [5.74, 6) is 0.781. The van der Waals surface area contributed by atoms with E-state index in [1.54, 1.807) is 6.07 Å². The highest BCUT2D eigenvalue weighted by Gasteiger charge is 2.28. The first-order valence-corrected chi connectivity index (χ1v) is 6.22. The molecule has 0 bridgehead atoms. The molecule has 2 rings (SSSR count). The Bertz CT molecular complexity index is 421. The number of nitro groups is 1. The SMILES string of the molecule is CC1CCCC(CN)N1c1ccc([N+](=O)[O-])cn1. The zero-order valence-electron chi connectivity index (χ0n) is 10.5. The summed E-state index contributed by atoms with van der Waals surface area (Å²) in [5.41, 5.74) is 5.81. The molecule has 18 heavy (non-hydrogen) atoms. The smallest absolute Gasteiger partial charge is 0.287 e. The van der Waals surface area contributed by atoms with Crippen molar-refractivity contribution < 1.29 is 4.92 Å². The van der Waals surface area contributed by atoms with Crippen LogP contribution in [0.4, 0.5) is 11.5 Å². The number of piperidine rings is 1. The van der Waals surface area contributed by atoms with Crippen molar-refractivity contribution in [2.45, 2.75) is 38.3 Å². The Morgan fingerprint density at radius 1 is 1.56 bits per heavy atom. The van der Waals surface area contributed by atoms with Gasteiger partial charge in [0.2, 0.25) is 0 Å². The highest BCUT2D eigenvalue weighted by Crippen LogP contribution is 2.28.